The third-order valence-corrected chi connectivity index (χ3v) is 3.24. The van der Waals surface area contributed by atoms with Crippen LogP contribution in [0.5, 0.6) is 0 Å². The van der Waals surface area contributed by atoms with Crippen LogP contribution in [0, 0.1) is 0 Å². The molecule has 96 valence electrons. The fourth-order valence-corrected chi connectivity index (χ4v) is 2.43. The minimum atomic E-state index is -0.467. The normalized spacial score (nSPS) is 28.6. The highest BCUT2D eigenvalue weighted by atomic mass is 16.6. The molecule has 2 saturated heterocycles. The molecular formula is C12H20N2O3. The number of hydrogen-bond acceptors (Lipinski definition) is 3. The minimum Gasteiger partial charge on any atom is -0.444 e. The molecule has 2 amide bonds. The van der Waals surface area contributed by atoms with Crippen molar-refractivity contribution in [3.8, 4) is 0 Å². The zero-order chi connectivity index (χ0) is 12.7. The van der Waals surface area contributed by atoms with E-state index < -0.39 is 5.60 Å². The highest BCUT2D eigenvalue weighted by molar-refractivity contribution is 5.80. The SMILES string of the molecule is CC(C)(C)OC(=O)N1CC[C@]2(CCC(=O)N2)C1. The molecule has 0 aromatic rings. The first-order valence-corrected chi connectivity index (χ1v) is 6.09. The molecule has 1 atom stereocenters. The number of likely N-dealkylation sites (tertiary alicyclic amines) is 1. The van der Waals surface area contributed by atoms with Crippen LogP contribution < -0.4 is 5.32 Å². The summed E-state index contributed by atoms with van der Waals surface area (Å²) in [6.45, 7) is 6.80. The summed E-state index contributed by atoms with van der Waals surface area (Å²) in [6.07, 6.45) is 1.95. The van der Waals surface area contributed by atoms with E-state index in [-0.39, 0.29) is 17.5 Å². The molecule has 0 aromatic heterocycles. The van der Waals surface area contributed by atoms with Gasteiger partial charge in [0.25, 0.3) is 0 Å². The molecular weight excluding hydrogens is 220 g/mol. The van der Waals surface area contributed by atoms with E-state index in [1.54, 1.807) is 4.90 Å². The van der Waals surface area contributed by atoms with Crippen LogP contribution in [0.4, 0.5) is 4.79 Å². The maximum Gasteiger partial charge on any atom is 0.410 e. The molecule has 0 bridgehead atoms. The van der Waals surface area contributed by atoms with E-state index in [1.165, 1.54) is 0 Å². The molecule has 0 saturated carbocycles. The van der Waals surface area contributed by atoms with Crippen LogP contribution >= 0.6 is 0 Å². The van der Waals surface area contributed by atoms with Gasteiger partial charge in [-0.3, -0.25) is 4.79 Å². The summed E-state index contributed by atoms with van der Waals surface area (Å²) in [5, 5.41) is 2.99. The van der Waals surface area contributed by atoms with Crippen LogP contribution in [-0.2, 0) is 9.53 Å². The summed E-state index contributed by atoms with van der Waals surface area (Å²) in [7, 11) is 0. The maximum absolute atomic E-state index is 11.9. The number of carbonyl (C=O) groups excluding carboxylic acids is 2. The minimum absolute atomic E-state index is 0.0936. The van der Waals surface area contributed by atoms with Crippen LogP contribution in [0.1, 0.15) is 40.0 Å². The molecule has 2 heterocycles. The van der Waals surface area contributed by atoms with E-state index >= 15 is 0 Å². The van der Waals surface area contributed by atoms with Crippen molar-refractivity contribution in [2.75, 3.05) is 13.1 Å². The Hall–Kier alpha value is -1.26. The monoisotopic (exact) mass is 240 g/mol. The molecule has 5 heteroatoms. The van der Waals surface area contributed by atoms with Crippen LogP contribution in [0.3, 0.4) is 0 Å². The van der Waals surface area contributed by atoms with Gasteiger partial charge in [0.2, 0.25) is 5.91 Å². The highest BCUT2D eigenvalue weighted by Crippen LogP contribution is 2.31. The van der Waals surface area contributed by atoms with Gasteiger partial charge < -0.3 is 15.0 Å². The van der Waals surface area contributed by atoms with Gasteiger partial charge in [-0.2, -0.15) is 0 Å². The molecule has 2 rings (SSSR count). The Kier molecular flexibility index (Phi) is 2.79. The van der Waals surface area contributed by atoms with Crippen molar-refractivity contribution in [1.29, 1.82) is 0 Å². The number of hydrogen-bond donors (Lipinski definition) is 1. The Labute approximate surface area is 101 Å². The number of rotatable bonds is 0. The largest absolute Gasteiger partial charge is 0.444 e. The van der Waals surface area contributed by atoms with Gasteiger partial charge in [0.1, 0.15) is 5.60 Å². The van der Waals surface area contributed by atoms with Crippen molar-refractivity contribution in [1.82, 2.24) is 10.2 Å². The number of carbonyl (C=O) groups is 2. The van der Waals surface area contributed by atoms with Crippen molar-refractivity contribution >= 4 is 12.0 Å². The van der Waals surface area contributed by atoms with Gasteiger partial charge in [-0.15, -0.1) is 0 Å². The molecule has 0 aliphatic carbocycles. The smallest absolute Gasteiger partial charge is 0.410 e. The molecule has 1 N–H and O–H groups in total. The lowest BCUT2D eigenvalue weighted by atomic mass is 9.97. The Balaban J connectivity index is 1.94. The van der Waals surface area contributed by atoms with Gasteiger partial charge in [-0.05, 0) is 33.6 Å². The quantitative estimate of drug-likeness (QED) is 0.694. The Bertz CT molecular complexity index is 348. The summed E-state index contributed by atoms with van der Waals surface area (Å²) in [5.41, 5.74) is -0.653. The van der Waals surface area contributed by atoms with Crippen molar-refractivity contribution in [3.63, 3.8) is 0 Å². The number of nitrogens with one attached hydrogen (secondary N) is 1. The topological polar surface area (TPSA) is 58.6 Å². The number of ether oxygens (including phenoxy) is 1. The molecule has 17 heavy (non-hydrogen) atoms. The molecule has 2 aliphatic rings. The van der Waals surface area contributed by atoms with Crippen molar-refractivity contribution in [2.45, 2.75) is 51.2 Å². The fourth-order valence-electron chi connectivity index (χ4n) is 2.43. The number of nitrogens with zero attached hydrogens (tertiary/aromatic N) is 1. The third kappa shape index (κ3) is 2.70. The van der Waals surface area contributed by atoms with Gasteiger partial charge in [0, 0.05) is 19.5 Å². The second-order valence-corrected chi connectivity index (χ2v) is 5.98. The summed E-state index contributed by atoms with van der Waals surface area (Å²) in [5.74, 6) is 0.0936. The summed E-state index contributed by atoms with van der Waals surface area (Å²) < 4.78 is 5.33. The molecule has 0 aromatic carbocycles. The van der Waals surface area contributed by atoms with Gasteiger partial charge in [0.05, 0.1) is 5.54 Å². The summed E-state index contributed by atoms with van der Waals surface area (Å²) in [4.78, 5) is 24.8. The van der Waals surface area contributed by atoms with Gasteiger partial charge in [0.15, 0.2) is 0 Å². The lowest BCUT2D eigenvalue weighted by Gasteiger charge is -2.26. The first kappa shape index (κ1) is 12.2. The van der Waals surface area contributed by atoms with E-state index in [9.17, 15) is 9.59 Å². The lowest BCUT2D eigenvalue weighted by molar-refractivity contribution is -0.119. The molecule has 2 aliphatic heterocycles. The first-order valence-electron chi connectivity index (χ1n) is 6.09. The third-order valence-electron chi connectivity index (χ3n) is 3.24. The molecule has 0 radical (unpaired) electrons. The van der Waals surface area contributed by atoms with Crippen LogP contribution in [0.2, 0.25) is 0 Å². The van der Waals surface area contributed by atoms with Crippen molar-refractivity contribution in [2.24, 2.45) is 0 Å². The number of amides is 2. The van der Waals surface area contributed by atoms with Crippen molar-refractivity contribution < 1.29 is 14.3 Å². The average molecular weight is 240 g/mol. The molecule has 5 nitrogen and oxygen atoms in total. The zero-order valence-corrected chi connectivity index (χ0v) is 10.7. The van der Waals surface area contributed by atoms with E-state index in [0.29, 0.717) is 19.5 Å². The second kappa shape index (κ2) is 3.89. The van der Waals surface area contributed by atoms with E-state index in [4.69, 9.17) is 4.74 Å². The van der Waals surface area contributed by atoms with E-state index in [2.05, 4.69) is 5.32 Å². The standard InChI is InChI=1S/C12H20N2O3/c1-11(2,3)17-10(16)14-7-6-12(8-14)5-4-9(15)13-12/h4-8H2,1-3H3,(H,13,15)/t12-/m1/s1. The predicted molar refractivity (Wildman–Crippen MR) is 62.5 cm³/mol. The van der Waals surface area contributed by atoms with Crippen LogP contribution in [0.15, 0.2) is 0 Å². The Morgan fingerprint density at radius 2 is 2.12 bits per heavy atom. The van der Waals surface area contributed by atoms with E-state index in [0.717, 1.165) is 12.8 Å². The van der Waals surface area contributed by atoms with Crippen LogP contribution in [-0.4, -0.2) is 41.1 Å². The van der Waals surface area contributed by atoms with Gasteiger partial charge in [-0.1, -0.05) is 0 Å². The zero-order valence-electron chi connectivity index (χ0n) is 10.7. The molecule has 0 unspecified atom stereocenters. The fraction of sp³-hybridized carbons (Fsp3) is 0.833. The van der Waals surface area contributed by atoms with E-state index in [1.807, 2.05) is 20.8 Å². The average Bonchev–Trinajstić information content (AvgIpc) is 2.72. The highest BCUT2D eigenvalue weighted by Gasteiger charge is 2.45. The summed E-state index contributed by atoms with van der Waals surface area (Å²) >= 11 is 0. The van der Waals surface area contributed by atoms with Gasteiger partial charge >= 0.3 is 6.09 Å². The van der Waals surface area contributed by atoms with Crippen molar-refractivity contribution in [3.05, 3.63) is 0 Å². The molecule has 2 fully saturated rings. The Morgan fingerprint density at radius 3 is 2.65 bits per heavy atom. The summed E-state index contributed by atoms with van der Waals surface area (Å²) in [6, 6.07) is 0. The lowest BCUT2D eigenvalue weighted by Crippen LogP contribution is -2.45. The molecule has 1 spiro atoms. The van der Waals surface area contributed by atoms with Gasteiger partial charge in [-0.25, -0.2) is 4.79 Å². The first-order chi connectivity index (χ1) is 7.80. The Morgan fingerprint density at radius 1 is 1.41 bits per heavy atom. The predicted octanol–water partition coefficient (Wildman–Crippen LogP) is 1.28. The second-order valence-electron chi connectivity index (χ2n) is 5.98. The van der Waals surface area contributed by atoms with Crippen LogP contribution in [0.25, 0.3) is 0 Å². The maximum atomic E-state index is 11.9.